The highest BCUT2D eigenvalue weighted by Crippen LogP contribution is 2.27. The van der Waals surface area contributed by atoms with E-state index in [-0.39, 0.29) is 5.56 Å². The minimum atomic E-state index is -0.861. The summed E-state index contributed by atoms with van der Waals surface area (Å²) in [5.74, 6) is -1.72. The highest BCUT2D eigenvalue weighted by Gasteiger charge is 2.12. The Hall–Kier alpha value is -2.27. The van der Waals surface area contributed by atoms with E-state index >= 15 is 0 Å². The molecular weight excluding hydrogens is 290 g/mol. The fourth-order valence-electron chi connectivity index (χ4n) is 2.03. The Balaban J connectivity index is 1.86. The van der Waals surface area contributed by atoms with Crippen molar-refractivity contribution in [1.82, 2.24) is 4.98 Å². The first-order valence-corrected chi connectivity index (χ1v) is 7.24. The molecule has 0 aliphatic rings. The van der Waals surface area contributed by atoms with Gasteiger partial charge in [-0.3, -0.25) is 0 Å². The van der Waals surface area contributed by atoms with Crippen molar-refractivity contribution >= 4 is 17.0 Å². The minimum absolute atomic E-state index is 0.190. The lowest BCUT2D eigenvalue weighted by Crippen LogP contribution is -1.91. The maximum absolute atomic E-state index is 13.7. The van der Waals surface area contributed by atoms with Crippen LogP contribution in [0.5, 0.6) is 0 Å². The van der Waals surface area contributed by atoms with Crippen molar-refractivity contribution in [3.8, 4) is 11.3 Å². The first kappa shape index (κ1) is 13.7. The Morgan fingerprint density at radius 1 is 1.05 bits per heavy atom. The van der Waals surface area contributed by atoms with E-state index in [2.05, 4.69) is 4.98 Å². The quantitative estimate of drug-likeness (QED) is 0.734. The molecule has 0 unspecified atom stereocenters. The summed E-state index contributed by atoms with van der Waals surface area (Å²) >= 11 is 1.43. The van der Waals surface area contributed by atoms with Gasteiger partial charge in [0.05, 0.1) is 10.7 Å². The van der Waals surface area contributed by atoms with E-state index in [1.54, 1.807) is 5.38 Å². The van der Waals surface area contributed by atoms with E-state index in [1.807, 2.05) is 24.3 Å². The normalized spacial score (nSPS) is 10.8. The lowest BCUT2D eigenvalue weighted by atomic mass is 10.1. The number of aromatic nitrogens is 1. The molecule has 0 radical (unpaired) electrons. The highest BCUT2D eigenvalue weighted by molar-refractivity contribution is 7.10. The van der Waals surface area contributed by atoms with E-state index in [4.69, 9.17) is 5.73 Å². The number of hydrogen-bond donors (Lipinski definition) is 1. The van der Waals surface area contributed by atoms with E-state index in [9.17, 15) is 8.78 Å². The zero-order valence-corrected chi connectivity index (χ0v) is 11.8. The van der Waals surface area contributed by atoms with Crippen LogP contribution in [0.1, 0.15) is 10.6 Å². The number of nitrogens with two attached hydrogens (primary N) is 1. The van der Waals surface area contributed by atoms with Crippen LogP contribution >= 0.6 is 11.3 Å². The first-order valence-electron chi connectivity index (χ1n) is 6.36. The molecule has 0 saturated carbocycles. The van der Waals surface area contributed by atoms with Gasteiger partial charge in [0.15, 0.2) is 11.6 Å². The van der Waals surface area contributed by atoms with Crippen molar-refractivity contribution in [2.75, 3.05) is 5.73 Å². The number of benzene rings is 2. The van der Waals surface area contributed by atoms with Crippen LogP contribution in [-0.4, -0.2) is 4.98 Å². The van der Waals surface area contributed by atoms with Gasteiger partial charge in [-0.05, 0) is 29.8 Å². The van der Waals surface area contributed by atoms with Gasteiger partial charge < -0.3 is 5.73 Å². The molecule has 0 spiro atoms. The molecule has 2 aromatic carbocycles. The molecule has 2 nitrogen and oxygen atoms in total. The predicted octanol–water partition coefficient (Wildman–Crippen LogP) is 4.26. The number of nitrogen functional groups attached to an aromatic ring is 1. The standard InChI is InChI=1S/C16H12F2N2S/c17-13-3-1-2-12(16(13)18)14-9-21-15(20-14)8-10-4-6-11(19)7-5-10/h1-7,9H,8,19H2. The lowest BCUT2D eigenvalue weighted by molar-refractivity contribution is 0.511. The van der Waals surface area contributed by atoms with Crippen LogP contribution in [0.2, 0.25) is 0 Å². The predicted molar refractivity (Wildman–Crippen MR) is 81.1 cm³/mol. The molecule has 0 amide bonds. The fraction of sp³-hybridized carbons (Fsp3) is 0.0625. The molecule has 1 aromatic heterocycles. The smallest absolute Gasteiger partial charge is 0.168 e. The van der Waals surface area contributed by atoms with Crippen molar-refractivity contribution in [3.63, 3.8) is 0 Å². The van der Waals surface area contributed by atoms with Gasteiger partial charge in [0.1, 0.15) is 0 Å². The summed E-state index contributed by atoms with van der Waals surface area (Å²) < 4.78 is 27.0. The van der Waals surface area contributed by atoms with Crippen LogP contribution in [-0.2, 0) is 6.42 Å². The van der Waals surface area contributed by atoms with Gasteiger partial charge in [0.25, 0.3) is 0 Å². The Morgan fingerprint density at radius 3 is 2.57 bits per heavy atom. The monoisotopic (exact) mass is 302 g/mol. The molecule has 21 heavy (non-hydrogen) atoms. The molecule has 106 valence electrons. The summed E-state index contributed by atoms with van der Waals surface area (Å²) in [6, 6.07) is 11.6. The SMILES string of the molecule is Nc1ccc(Cc2nc(-c3cccc(F)c3F)cs2)cc1. The van der Waals surface area contributed by atoms with Gasteiger partial charge in [-0.1, -0.05) is 18.2 Å². The van der Waals surface area contributed by atoms with Crippen LogP contribution in [0.25, 0.3) is 11.3 Å². The second-order valence-corrected chi connectivity index (χ2v) is 5.59. The maximum Gasteiger partial charge on any atom is 0.168 e. The van der Waals surface area contributed by atoms with Gasteiger partial charge >= 0.3 is 0 Å². The number of rotatable bonds is 3. The Morgan fingerprint density at radius 2 is 1.81 bits per heavy atom. The van der Waals surface area contributed by atoms with E-state index in [0.29, 0.717) is 17.8 Å². The lowest BCUT2D eigenvalue weighted by Gasteiger charge is -2.00. The second kappa shape index (κ2) is 5.61. The fourth-order valence-corrected chi connectivity index (χ4v) is 2.86. The Kier molecular flexibility index (Phi) is 3.66. The molecule has 0 bridgehead atoms. The molecule has 0 saturated heterocycles. The summed E-state index contributed by atoms with van der Waals surface area (Å²) in [6.45, 7) is 0. The summed E-state index contributed by atoms with van der Waals surface area (Å²) in [5.41, 5.74) is 8.07. The number of thiazole rings is 1. The second-order valence-electron chi connectivity index (χ2n) is 4.65. The van der Waals surface area contributed by atoms with E-state index < -0.39 is 11.6 Å². The summed E-state index contributed by atoms with van der Waals surface area (Å²) in [7, 11) is 0. The summed E-state index contributed by atoms with van der Waals surface area (Å²) in [6.07, 6.45) is 0.641. The van der Waals surface area contributed by atoms with Gasteiger partial charge in [-0.15, -0.1) is 11.3 Å². The Bertz CT molecular complexity index is 766. The molecular formula is C16H12F2N2S. The topological polar surface area (TPSA) is 38.9 Å². The van der Waals surface area contributed by atoms with E-state index in [1.165, 1.54) is 23.5 Å². The maximum atomic E-state index is 13.7. The third kappa shape index (κ3) is 2.92. The zero-order valence-electron chi connectivity index (χ0n) is 11.0. The van der Waals surface area contributed by atoms with Gasteiger partial charge in [-0.25, -0.2) is 13.8 Å². The molecule has 2 N–H and O–H groups in total. The number of nitrogens with zero attached hydrogens (tertiary/aromatic N) is 1. The molecule has 0 aliphatic carbocycles. The van der Waals surface area contributed by atoms with Crippen molar-refractivity contribution in [2.24, 2.45) is 0 Å². The van der Waals surface area contributed by atoms with Crippen molar-refractivity contribution in [3.05, 3.63) is 70.1 Å². The number of anilines is 1. The van der Waals surface area contributed by atoms with Gasteiger partial charge in [0.2, 0.25) is 0 Å². The molecule has 0 aliphatic heterocycles. The Labute approximate surface area is 124 Å². The molecule has 5 heteroatoms. The van der Waals surface area contributed by atoms with Crippen molar-refractivity contribution in [1.29, 1.82) is 0 Å². The number of hydrogen-bond acceptors (Lipinski definition) is 3. The van der Waals surface area contributed by atoms with Crippen LogP contribution in [0.15, 0.2) is 47.8 Å². The first-order chi connectivity index (χ1) is 10.1. The van der Waals surface area contributed by atoms with Crippen molar-refractivity contribution < 1.29 is 8.78 Å². The average Bonchev–Trinajstić information content (AvgIpc) is 2.93. The molecule has 0 fully saturated rings. The zero-order chi connectivity index (χ0) is 14.8. The van der Waals surface area contributed by atoms with E-state index in [0.717, 1.165) is 16.6 Å². The highest BCUT2D eigenvalue weighted by atomic mass is 32.1. The van der Waals surface area contributed by atoms with Crippen LogP contribution in [0.3, 0.4) is 0 Å². The van der Waals surface area contributed by atoms with Crippen LogP contribution < -0.4 is 5.73 Å². The number of halogens is 2. The third-order valence-electron chi connectivity index (χ3n) is 3.11. The largest absolute Gasteiger partial charge is 0.399 e. The summed E-state index contributed by atoms with van der Waals surface area (Å²) in [5, 5.41) is 2.59. The average molecular weight is 302 g/mol. The molecule has 1 heterocycles. The van der Waals surface area contributed by atoms with Crippen LogP contribution in [0, 0.1) is 11.6 Å². The molecule has 0 atom stereocenters. The van der Waals surface area contributed by atoms with Crippen molar-refractivity contribution in [2.45, 2.75) is 6.42 Å². The summed E-state index contributed by atoms with van der Waals surface area (Å²) in [4.78, 5) is 4.38. The van der Waals surface area contributed by atoms with Gasteiger partial charge in [0, 0.05) is 23.1 Å². The third-order valence-corrected chi connectivity index (χ3v) is 3.96. The molecule has 3 aromatic rings. The minimum Gasteiger partial charge on any atom is -0.399 e. The molecule has 3 rings (SSSR count). The van der Waals surface area contributed by atoms with Gasteiger partial charge in [-0.2, -0.15) is 0 Å². The van der Waals surface area contributed by atoms with Crippen LogP contribution in [0.4, 0.5) is 14.5 Å².